The Kier molecular flexibility index (Phi) is 4.91. The van der Waals surface area contributed by atoms with Crippen molar-refractivity contribution < 1.29 is 18.4 Å². The molecule has 2 heterocycles. The van der Waals surface area contributed by atoms with Gasteiger partial charge in [-0.2, -0.15) is 4.98 Å². The van der Waals surface area contributed by atoms with Crippen LogP contribution < -0.4 is 9.47 Å². The van der Waals surface area contributed by atoms with Crippen LogP contribution in [0.4, 0.5) is 4.39 Å². The van der Waals surface area contributed by atoms with Crippen LogP contribution >= 0.6 is 0 Å². The Morgan fingerprint density at radius 1 is 0.939 bits per heavy atom. The minimum atomic E-state index is -0.293. The zero-order valence-corrected chi connectivity index (χ0v) is 17.8. The van der Waals surface area contributed by atoms with Gasteiger partial charge in [0.25, 0.3) is 5.89 Å². The third-order valence-electron chi connectivity index (χ3n) is 5.93. The topological polar surface area (TPSA) is 57.4 Å². The molecule has 5 nitrogen and oxygen atoms in total. The zero-order chi connectivity index (χ0) is 22.2. The second-order valence-corrected chi connectivity index (χ2v) is 8.35. The van der Waals surface area contributed by atoms with Crippen LogP contribution in [0.15, 0.2) is 77.3 Å². The van der Waals surface area contributed by atoms with E-state index in [1.165, 1.54) is 25.0 Å². The predicted octanol–water partition coefficient (Wildman–Crippen LogP) is 6.02. The van der Waals surface area contributed by atoms with Crippen LogP contribution in [0.25, 0.3) is 22.5 Å². The molecule has 0 spiro atoms. The fraction of sp³-hybridized carbons (Fsp3) is 0.185. The van der Waals surface area contributed by atoms with E-state index in [9.17, 15) is 4.39 Å². The minimum absolute atomic E-state index is 0.262. The van der Waals surface area contributed by atoms with E-state index in [4.69, 9.17) is 14.0 Å². The van der Waals surface area contributed by atoms with Crippen molar-refractivity contribution >= 4 is 11.1 Å². The summed E-state index contributed by atoms with van der Waals surface area (Å²) in [6.45, 7) is 0.977. The summed E-state index contributed by atoms with van der Waals surface area (Å²) < 4.78 is 31.4. The second-order valence-electron chi connectivity index (χ2n) is 8.35. The lowest BCUT2D eigenvalue weighted by Crippen LogP contribution is -2.12. The molecule has 0 atom stereocenters. The Labute approximate surface area is 190 Å². The molecule has 1 fully saturated rings. The first-order valence-electron chi connectivity index (χ1n) is 11.0. The van der Waals surface area contributed by atoms with Gasteiger partial charge in [0.1, 0.15) is 23.9 Å². The SMILES string of the molecule is Fc1ccc(C2=C(c3nc(-c4ccccc4)no3)COc3ccc(OCC4CC4)cc32)cc1. The molecule has 0 amide bonds. The van der Waals surface area contributed by atoms with Gasteiger partial charge >= 0.3 is 0 Å². The Morgan fingerprint density at radius 2 is 1.76 bits per heavy atom. The lowest BCUT2D eigenvalue weighted by molar-refractivity contribution is 0.298. The van der Waals surface area contributed by atoms with Crippen LogP contribution in [0.2, 0.25) is 0 Å². The molecule has 0 radical (unpaired) electrons. The predicted molar refractivity (Wildman–Crippen MR) is 122 cm³/mol. The van der Waals surface area contributed by atoms with Crippen molar-refractivity contribution in [2.24, 2.45) is 5.92 Å². The van der Waals surface area contributed by atoms with Crippen molar-refractivity contribution in [3.05, 3.63) is 95.6 Å². The third kappa shape index (κ3) is 4.00. The largest absolute Gasteiger partial charge is 0.493 e. The highest BCUT2D eigenvalue weighted by molar-refractivity contribution is 6.00. The molecule has 1 saturated carbocycles. The number of nitrogens with zero attached hydrogens (tertiary/aromatic N) is 2. The average molecular weight is 440 g/mol. The number of hydrogen-bond acceptors (Lipinski definition) is 5. The summed E-state index contributed by atoms with van der Waals surface area (Å²) in [7, 11) is 0. The maximum Gasteiger partial charge on any atom is 0.258 e. The highest BCUT2D eigenvalue weighted by atomic mass is 19.1. The van der Waals surface area contributed by atoms with Crippen molar-refractivity contribution in [3.63, 3.8) is 0 Å². The van der Waals surface area contributed by atoms with Crippen molar-refractivity contribution in [2.75, 3.05) is 13.2 Å². The first-order valence-corrected chi connectivity index (χ1v) is 11.0. The lowest BCUT2D eigenvalue weighted by Gasteiger charge is -2.23. The molecule has 1 aliphatic heterocycles. The Balaban J connectivity index is 1.46. The van der Waals surface area contributed by atoms with E-state index < -0.39 is 0 Å². The number of fused-ring (bicyclic) bond motifs is 1. The van der Waals surface area contributed by atoms with Crippen molar-refractivity contribution in [1.29, 1.82) is 0 Å². The van der Waals surface area contributed by atoms with Crippen LogP contribution in [0.3, 0.4) is 0 Å². The zero-order valence-electron chi connectivity index (χ0n) is 17.8. The normalized spacial score (nSPS) is 15.2. The number of benzene rings is 3. The minimum Gasteiger partial charge on any atom is -0.493 e. The van der Waals surface area contributed by atoms with Gasteiger partial charge in [-0.15, -0.1) is 0 Å². The fourth-order valence-corrected chi connectivity index (χ4v) is 3.97. The van der Waals surface area contributed by atoms with Crippen molar-refractivity contribution in [1.82, 2.24) is 10.1 Å². The summed E-state index contributed by atoms with van der Waals surface area (Å²) in [5.41, 5.74) is 4.19. The smallest absolute Gasteiger partial charge is 0.258 e. The first kappa shape index (κ1) is 19.7. The van der Waals surface area contributed by atoms with Crippen molar-refractivity contribution in [2.45, 2.75) is 12.8 Å². The summed E-state index contributed by atoms with van der Waals surface area (Å²) in [5.74, 6) is 2.75. The molecule has 2 aliphatic rings. The van der Waals surface area contributed by atoms with Crippen LogP contribution in [-0.2, 0) is 0 Å². The Bertz CT molecular complexity index is 1330. The van der Waals surface area contributed by atoms with Gasteiger partial charge in [0, 0.05) is 16.7 Å². The van der Waals surface area contributed by atoms with E-state index in [1.807, 2.05) is 48.5 Å². The highest BCUT2D eigenvalue weighted by Crippen LogP contribution is 2.42. The van der Waals surface area contributed by atoms with E-state index in [0.717, 1.165) is 39.3 Å². The molecular weight excluding hydrogens is 419 g/mol. The number of hydrogen-bond donors (Lipinski definition) is 0. The van der Waals surface area contributed by atoms with Crippen LogP contribution in [0.5, 0.6) is 11.5 Å². The molecule has 33 heavy (non-hydrogen) atoms. The van der Waals surface area contributed by atoms with Gasteiger partial charge in [0.05, 0.1) is 12.2 Å². The van der Waals surface area contributed by atoms with E-state index in [-0.39, 0.29) is 12.4 Å². The van der Waals surface area contributed by atoms with Gasteiger partial charge in [-0.3, -0.25) is 0 Å². The van der Waals surface area contributed by atoms with E-state index in [1.54, 1.807) is 12.1 Å². The summed E-state index contributed by atoms with van der Waals surface area (Å²) in [6, 6.07) is 21.9. The van der Waals surface area contributed by atoms with Crippen LogP contribution in [0.1, 0.15) is 29.9 Å². The van der Waals surface area contributed by atoms with Gasteiger partial charge in [0.15, 0.2) is 0 Å². The standard InChI is InChI=1S/C27H21FN2O3/c28-20-10-8-18(9-11-20)25-22-14-21(31-15-17-6-7-17)12-13-24(22)32-16-23(25)27-29-26(30-33-27)19-4-2-1-3-5-19/h1-5,8-14,17H,6-7,15-16H2. The quantitative estimate of drug-likeness (QED) is 0.367. The van der Waals surface area contributed by atoms with Crippen molar-refractivity contribution in [3.8, 4) is 22.9 Å². The monoisotopic (exact) mass is 440 g/mol. The molecule has 3 aromatic carbocycles. The number of halogens is 1. The van der Waals surface area contributed by atoms with Gasteiger partial charge in [-0.05, 0) is 54.7 Å². The molecule has 1 aliphatic carbocycles. The van der Waals surface area contributed by atoms with E-state index in [2.05, 4.69) is 10.1 Å². The summed E-state index contributed by atoms with van der Waals surface area (Å²) in [4.78, 5) is 4.64. The molecule has 1 aromatic heterocycles. The molecule has 164 valence electrons. The number of ether oxygens (including phenoxy) is 2. The molecule has 0 unspecified atom stereocenters. The van der Waals surface area contributed by atoms with Gasteiger partial charge in [-0.25, -0.2) is 4.39 Å². The van der Waals surface area contributed by atoms with Gasteiger partial charge < -0.3 is 14.0 Å². The van der Waals surface area contributed by atoms with Crippen LogP contribution in [0, 0.1) is 11.7 Å². The first-order chi connectivity index (χ1) is 16.2. The lowest BCUT2D eigenvalue weighted by atomic mass is 9.90. The maximum absolute atomic E-state index is 13.7. The molecule has 0 N–H and O–H groups in total. The van der Waals surface area contributed by atoms with E-state index >= 15 is 0 Å². The fourth-order valence-electron chi connectivity index (χ4n) is 3.97. The molecular formula is C27H21FN2O3. The second kappa shape index (κ2) is 8.20. The molecule has 0 bridgehead atoms. The number of rotatable bonds is 6. The van der Waals surface area contributed by atoms with Gasteiger partial charge in [0.2, 0.25) is 5.82 Å². The Hall–Kier alpha value is -3.93. The number of aromatic nitrogens is 2. The average Bonchev–Trinajstić information content (AvgIpc) is 3.56. The molecule has 4 aromatic rings. The summed E-state index contributed by atoms with van der Waals surface area (Å²) in [5, 5.41) is 4.17. The maximum atomic E-state index is 13.7. The Morgan fingerprint density at radius 3 is 2.55 bits per heavy atom. The van der Waals surface area contributed by atoms with E-state index in [0.29, 0.717) is 24.2 Å². The molecule has 6 rings (SSSR count). The van der Waals surface area contributed by atoms with Gasteiger partial charge in [-0.1, -0.05) is 47.6 Å². The molecule has 6 heteroatoms. The molecule has 0 saturated heterocycles. The van der Waals surface area contributed by atoms with Crippen LogP contribution in [-0.4, -0.2) is 23.4 Å². The highest BCUT2D eigenvalue weighted by Gasteiger charge is 2.28. The third-order valence-corrected chi connectivity index (χ3v) is 5.93. The summed E-state index contributed by atoms with van der Waals surface area (Å²) in [6.07, 6.45) is 2.44. The summed E-state index contributed by atoms with van der Waals surface area (Å²) >= 11 is 0.